The third-order valence-electron chi connectivity index (χ3n) is 7.81. The van der Waals surface area contributed by atoms with Crippen LogP contribution in [0, 0.1) is 16.7 Å². The van der Waals surface area contributed by atoms with Crippen LogP contribution in [0.2, 0.25) is 0 Å². The molecule has 0 bridgehead atoms. The molecule has 1 amide bonds. The van der Waals surface area contributed by atoms with Gasteiger partial charge in [-0.2, -0.15) is 5.26 Å². The van der Waals surface area contributed by atoms with E-state index in [-0.39, 0.29) is 19.1 Å². The van der Waals surface area contributed by atoms with E-state index in [9.17, 15) is 14.4 Å². The standard InChI is InChI=1S/C35H33N3O7/c1-37-18-3-4-29(21-37)33(40)44-24-45-34(41)35(17-19-38(22-35)32(39)28-11-13-30(42-2)14-12-28)23-43-31-15-9-27(10-16-31)26-7-5-25(20-36)6-8-26/h3,5-16,18,21H,4,17,19,22-24H2,1-2H3. The fourth-order valence-electron chi connectivity index (χ4n) is 5.21. The van der Waals surface area contributed by atoms with E-state index >= 15 is 0 Å². The van der Waals surface area contributed by atoms with Gasteiger partial charge < -0.3 is 28.7 Å². The number of hydrogen-bond acceptors (Lipinski definition) is 9. The number of methoxy groups -OCH3 is 1. The predicted octanol–water partition coefficient (Wildman–Crippen LogP) is 4.92. The van der Waals surface area contributed by atoms with Gasteiger partial charge in [0.25, 0.3) is 5.91 Å². The van der Waals surface area contributed by atoms with Crippen molar-refractivity contribution >= 4 is 17.8 Å². The van der Waals surface area contributed by atoms with Crippen LogP contribution >= 0.6 is 0 Å². The van der Waals surface area contributed by atoms with Crippen molar-refractivity contribution in [2.24, 2.45) is 5.41 Å². The topological polar surface area (TPSA) is 118 Å². The summed E-state index contributed by atoms with van der Waals surface area (Å²) >= 11 is 0. The van der Waals surface area contributed by atoms with Crippen molar-refractivity contribution in [3.63, 3.8) is 0 Å². The average molecular weight is 608 g/mol. The lowest BCUT2D eigenvalue weighted by molar-refractivity contribution is -0.174. The quantitative estimate of drug-likeness (QED) is 0.234. The number of nitriles is 1. The summed E-state index contributed by atoms with van der Waals surface area (Å²) in [5.41, 5.74) is 2.19. The Labute approximate surface area is 261 Å². The van der Waals surface area contributed by atoms with Gasteiger partial charge in [0.15, 0.2) is 0 Å². The van der Waals surface area contributed by atoms with Crippen molar-refractivity contribution in [2.45, 2.75) is 12.8 Å². The third-order valence-corrected chi connectivity index (χ3v) is 7.81. The summed E-state index contributed by atoms with van der Waals surface area (Å²) in [6.45, 7) is -0.236. The molecule has 0 saturated carbocycles. The lowest BCUT2D eigenvalue weighted by atomic mass is 9.88. The van der Waals surface area contributed by atoms with E-state index < -0.39 is 24.1 Å². The minimum Gasteiger partial charge on any atom is -0.497 e. The summed E-state index contributed by atoms with van der Waals surface area (Å²) in [4.78, 5) is 42.7. The van der Waals surface area contributed by atoms with Crippen LogP contribution in [0.15, 0.2) is 96.8 Å². The summed E-state index contributed by atoms with van der Waals surface area (Å²) in [5.74, 6) is -0.261. The van der Waals surface area contributed by atoms with Crippen molar-refractivity contribution in [3.8, 4) is 28.7 Å². The number of likely N-dealkylation sites (tertiary alicyclic amines) is 1. The Morgan fingerprint density at radius 2 is 1.58 bits per heavy atom. The Balaban J connectivity index is 1.27. The number of benzene rings is 3. The molecule has 1 atom stereocenters. The molecule has 0 spiro atoms. The smallest absolute Gasteiger partial charge is 0.338 e. The zero-order chi connectivity index (χ0) is 31.8. The molecule has 0 radical (unpaired) electrons. The van der Waals surface area contributed by atoms with Gasteiger partial charge in [-0.05, 0) is 72.3 Å². The first-order chi connectivity index (χ1) is 21.8. The lowest BCUT2D eigenvalue weighted by Crippen LogP contribution is -2.42. The highest BCUT2D eigenvalue weighted by Crippen LogP contribution is 2.35. The number of ether oxygens (including phenoxy) is 4. The maximum atomic E-state index is 13.6. The summed E-state index contributed by atoms with van der Waals surface area (Å²) in [7, 11) is 3.35. The van der Waals surface area contributed by atoms with Crippen molar-refractivity contribution < 1.29 is 33.3 Å². The van der Waals surface area contributed by atoms with E-state index in [1.54, 1.807) is 78.7 Å². The second kappa shape index (κ2) is 13.8. The van der Waals surface area contributed by atoms with Gasteiger partial charge in [-0.25, -0.2) is 4.79 Å². The van der Waals surface area contributed by atoms with Gasteiger partial charge in [0.2, 0.25) is 6.79 Å². The fraction of sp³-hybridized carbons (Fsp3) is 0.257. The molecule has 1 fully saturated rings. The Hall–Kier alpha value is -5.56. The molecule has 10 nitrogen and oxygen atoms in total. The minimum absolute atomic E-state index is 0.0525. The van der Waals surface area contributed by atoms with Gasteiger partial charge in [0.1, 0.15) is 23.5 Å². The first-order valence-electron chi connectivity index (χ1n) is 14.4. The molecule has 5 rings (SSSR count). The van der Waals surface area contributed by atoms with E-state index in [0.29, 0.717) is 47.6 Å². The van der Waals surface area contributed by atoms with Crippen LogP contribution in [0.25, 0.3) is 11.1 Å². The first-order valence-corrected chi connectivity index (χ1v) is 14.4. The molecule has 2 aliphatic rings. The van der Waals surface area contributed by atoms with Crippen LogP contribution in [0.5, 0.6) is 11.5 Å². The molecular weight excluding hydrogens is 574 g/mol. The third kappa shape index (κ3) is 7.33. The van der Waals surface area contributed by atoms with Crippen molar-refractivity contribution in [1.82, 2.24) is 9.80 Å². The highest BCUT2D eigenvalue weighted by molar-refractivity contribution is 5.95. The molecule has 1 saturated heterocycles. The fourth-order valence-corrected chi connectivity index (χ4v) is 5.21. The van der Waals surface area contributed by atoms with E-state index in [1.807, 2.05) is 36.5 Å². The van der Waals surface area contributed by atoms with Crippen LogP contribution in [0.1, 0.15) is 28.8 Å². The summed E-state index contributed by atoms with van der Waals surface area (Å²) in [5, 5.41) is 9.05. The number of nitrogens with zero attached hydrogens (tertiary/aromatic N) is 3. The first kappa shape index (κ1) is 30.9. The van der Waals surface area contributed by atoms with Gasteiger partial charge in [-0.1, -0.05) is 30.3 Å². The van der Waals surface area contributed by atoms with E-state index in [4.69, 9.17) is 24.2 Å². The Morgan fingerprint density at radius 3 is 2.22 bits per heavy atom. The van der Waals surface area contributed by atoms with Crippen LogP contribution < -0.4 is 9.47 Å². The number of allylic oxidation sites excluding steroid dienone is 1. The lowest BCUT2D eigenvalue weighted by Gasteiger charge is -2.27. The number of amides is 1. The molecule has 2 aliphatic heterocycles. The van der Waals surface area contributed by atoms with E-state index in [2.05, 4.69) is 6.07 Å². The molecular formula is C35H33N3O7. The van der Waals surface area contributed by atoms with Gasteiger partial charge in [0, 0.05) is 38.3 Å². The Morgan fingerprint density at radius 1 is 0.911 bits per heavy atom. The summed E-state index contributed by atoms with van der Waals surface area (Å²) < 4.78 is 22.0. The van der Waals surface area contributed by atoms with Gasteiger partial charge in [-0.15, -0.1) is 0 Å². The second-order valence-electron chi connectivity index (χ2n) is 10.9. The number of rotatable bonds is 10. The number of carbonyl (C=O) groups excluding carboxylic acids is 3. The maximum Gasteiger partial charge on any atom is 0.338 e. The molecule has 45 heavy (non-hydrogen) atoms. The number of esters is 2. The SMILES string of the molecule is COc1ccc(C(=O)N2CCC(COc3ccc(-c4ccc(C#N)cc4)cc3)(C(=O)OCOC(=O)C3=CN(C)C=CC3)C2)cc1. The zero-order valence-corrected chi connectivity index (χ0v) is 25.1. The highest BCUT2D eigenvalue weighted by atomic mass is 16.7. The molecule has 0 aromatic heterocycles. The molecule has 10 heteroatoms. The monoisotopic (exact) mass is 607 g/mol. The molecule has 2 heterocycles. The summed E-state index contributed by atoms with van der Waals surface area (Å²) in [6.07, 6.45) is 6.04. The van der Waals surface area contributed by atoms with E-state index in [0.717, 1.165) is 11.1 Å². The molecule has 230 valence electrons. The van der Waals surface area contributed by atoms with Gasteiger partial charge in [0.05, 0.1) is 24.3 Å². The molecule has 0 N–H and O–H groups in total. The average Bonchev–Trinajstić information content (AvgIpc) is 3.53. The number of hydrogen-bond donors (Lipinski definition) is 0. The van der Waals surface area contributed by atoms with Crippen LogP contribution in [0.4, 0.5) is 0 Å². The van der Waals surface area contributed by atoms with E-state index in [1.165, 1.54) is 0 Å². The highest BCUT2D eigenvalue weighted by Gasteiger charge is 2.48. The second-order valence-corrected chi connectivity index (χ2v) is 10.9. The van der Waals surface area contributed by atoms with Crippen LogP contribution in [-0.4, -0.2) is 68.3 Å². The minimum atomic E-state index is -1.19. The molecule has 3 aromatic carbocycles. The predicted molar refractivity (Wildman–Crippen MR) is 165 cm³/mol. The van der Waals surface area contributed by atoms with Crippen molar-refractivity contribution in [3.05, 3.63) is 108 Å². The Kier molecular flexibility index (Phi) is 9.49. The Bertz CT molecular complexity index is 1640. The van der Waals surface area contributed by atoms with Crippen molar-refractivity contribution in [2.75, 3.05) is 40.6 Å². The summed E-state index contributed by atoms with van der Waals surface area (Å²) in [6, 6.07) is 23.5. The molecule has 3 aromatic rings. The van der Waals surface area contributed by atoms with Gasteiger partial charge in [-0.3, -0.25) is 9.59 Å². The number of carbonyl (C=O) groups is 3. The van der Waals surface area contributed by atoms with Gasteiger partial charge >= 0.3 is 11.9 Å². The molecule has 1 unspecified atom stereocenters. The largest absolute Gasteiger partial charge is 0.497 e. The van der Waals surface area contributed by atoms with Crippen LogP contribution in [-0.2, 0) is 19.1 Å². The van der Waals surface area contributed by atoms with Crippen molar-refractivity contribution in [1.29, 1.82) is 5.26 Å². The zero-order valence-electron chi connectivity index (χ0n) is 25.1. The van der Waals surface area contributed by atoms with Crippen LogP contribution in [0.3, 0.4) is 0 Å². The molecule has 0 aliphatic carbocycles. The maximum absolute atomic E-state index is 13.6. The normalized spacial score (nSPS) is 17.2.